The van der Waals surface area contributed by atoms with Crippen LogP contribution in [0.1, 0.15) is 31.0 Å². The van der Waals surface area contributed by atoms with Gasteiger partial charge in [0.1, 0.15) is 5.01 Å². The van der Waals surface area contributed by atoms with Crippen molar-refractivity contribution in [2.45, 2.75) is 43.7 Å². The quantitative estimate of drug-likeness (QED) is 0.593. The number of sulfonamides is 1. The van der Waals surface area contributed by atoms with E-state index in [9.17, 15) is 8.42 Å². The zero-order chi connectivity index (χ0) is 21.0. The fraction of sp³-hybridized carbons (Fsp3) is 0.348. The van der Waals surface area contributed by atoms with Crippen LogP contribution in [-0.4, -0.2) is 37.4 Å². The highest BCUT2D eigenvalue weighted by atomic mass is 32.2. The Morgan fingerprint density at radius 2 is 1.77 bits per heavy atom. The maximum atomic E-state index is 12.5. The maximum absolute atomic E-state index is 12.5. The predicted octanol–water partition coefficient (Wildman–Crippen LogP) is 4.32. The molecule has 30 heavy (non-hydrogen) atoms. The van der Waals surface area contributed by atoms with Crippen LogP contribution in [0.3, 0.4) is 0 Å². The van der Waals surface area contributed by atoms with Gasteiger partial charge in [-0.1, -0.05) is 49.4 Å². The maximum Gasteiger partial charge on any atom is 0.240 e. The monoisotopic (exact) mass is 441 g/mol. The zero-order valence-corrected chi connectivity index (χ0v) is 18.8. The Morgan fingerprint density at radius 3 is 2.43 bits per heavy atom. The first-order valence-corrected chi connectivity index (χ1v) is 12.7. The predicted molar refractivity (Wildman–Crippen MR) is 122 cm³/mol. The summed E-state index contributed by atoms with van der Waals surface area (Å²) in [4.78, 5) is 7.50. The minimum absolute atomic E-state index is 0.0190. The SMILES string of the molecule is CCc1ccc(-c2nc(CN3CCC(NS(=O)(=O)c4ccccc4)CC3)cs2)cc1. The van der Waals surface area contributed by atoms with Crippen LogP contribution in [0.5, 0.6) is 0 Å². The summed E-state index contributed by atoms with van der Waals surface area (Å²) < 4.78 is 27.9. The molecule has 4 rings (SSSR count). The summed E-state index contributed by atoms with van der Waals surface area (Å²) in [5, 5.41) is 3.19. The van der Waals surface area contributed by atoms with E-state index in [1.54, 1.807) is 35.6 Å². The molecule has 1 aromatic heterocycles. The van der Waals surface area contributed by atoms with Gasteiger partial charge in [0.2, 0.25) is 10.0 Å². The number of nitrogens with one attached hydrogen (secondary N) is 1. The summed E-state index contributed by atoms with van der Waals surface area (Å²) >= 11 is 1.68. The second-order valence-corrected chi connectivity index (χ2v) is 10.3. The van der Waals surface area contributed by atoms with Crippen molar-refractivity contribution in [1.29, 1.82) is 0 Å². The molecule has 0 unspecified atom stereocenters. The molecule has 2 heterocycles. The Hall–Kier alpha value is -2.06. The molecular weight excluding hydrogens is 414 g/mol. The van der Waals surface area contributed by atoms with E-state index >= 15 is 0 Å². The molecule has 0 aliphatic carbocycles. The van der Waals surface area contributed by atoms with E-state index in [2.05, 4.69) is 46.2 Å². The van der Waals surface area contributed by atoms with Crippen molar-refractivity contribution in [3.8, 4) is 10.6 Å². The minimum Gasteiger partial charge on any atom is -0.297 e. The summed E-state index contributed by atoms with van der Waals surface area (Å²) in [6, 6.07) is 17.2. The Labute approximate surface area is 182 Å². The van der Waals surface area contributed by atoms with E-state index in [0.717, 1.165) is 55.2 Å². The molecule has 1 N–H and O–H groups in total. The number of nitrogens with zero attached hydrogens (tertiary/aromatic N) is 2. The third-order valence-electron chi connectivity index (χ3n) is 5.51. The van der Waals surface area contributed by atoms with Gasteiger partial charge in [-0.15, -0.1) is 11.3 Å². The van der Waals surface area contributed by atoms with Gasteiger partial charge in [0.15, 0.2) is 0 Å². The Morgan fingerprint density at radius 1 is 1.07 bits per heavy atom. The van der Waals surface area contributed by atoms with E-state index in [1.807, 2.05) is 6.07 Å². The molecule has 2 aromatic carbocycles. The normalized spacial score (nSPS) is 16.0. The van der Waals surface area contributed by atoms with E-state index in [0.29, 0.717) is 4.90 Å². The van der Waals surface area contributed by atoms with Gasteiger partial charge < -0.3 is 0 Å². The van der Waals surface area contributed by atoms with Crippen LogP contribution in [0.15, 0.2) is 64.9 Å². The number of benzene rings is 2. The van der Waals surface area contributed by atoms with Gasteiger partial charge in [0.25, 0.3) is 0 Å². The van der Waals surface area contributed by atoms with Gasteiger partial charge in [-0.3, -0.25) is 4.90 Å². The molecule has 0 spiro atoms. The molecule has 0 atom stereocenters. The lowest BCUT2D eigenvalue weighted by Crippen LogP contribution is -2.44. The summed E-state index contributed by atoms with van der Waals surface area (Å²) in [7, 11) is -3.45. The van der Waals surface area contributed by atoms with Gasteiger partial charge in [-0.2, -0.15) is 0 Å². The van der Waals surface area contributed by atoms with Gasteiger partial charge in [0, 0.05) is 36.6 Å². The molecule has 0 saturated carbocycles. The van der Waals surface area contributed by atoms with Gasteiger partial charge in [0.05, 0.1) is 10.6 Å². The number of hydrogen-bond donors (Lipinski definition) is 1. The van der Waals surface area contributed by atoms with Crippen LogP contribution in [-0.2, 0) is 23.0 Å². The number of rotatable bonds is 7. The van der Waals surface area contributed by atoms with Crippen molar-refractivity contribution in [1.82, 2.24) is 14.6 Å². The van der Waals surface area contributed by atoms with Crippen molar-refractivity contribution in [3.63, 3.8) is 0 Å². The molecule has 0 radical (unpaired) electrons. The molecule has 3 aromatic rings. The molecule has 0 bridgehead atoms. The lowest BCUT2D eigenvalue weighted by atomic mass is 10.1. The number of likely N-dealkylation sites (tertiary alicyclic amines) is 1. The topological polar surface area (TPSA) is 62.3 Å². The lowest BCUT2D eigenvalue weighted by molar-refractivity contribution is 0.198. The van der Waals surface area contributed by atoms with Crippen LogP contribution in [0, 0.1) is 0 Å². The molecule has 1 aliphatic rings. The first-order chi connectivity index (χ1) is 14.5. The second-order valence-electron chi connectivity index (χ2n) is 7.68. The fourth-order valence-corrected chi connectivity index (χ4v) is 5.86. The average Bonchev–Trinajstić information content (AvgIpc) is 3.24. The van der Waals surface area contributed by atoms with Gasteiger partial charge in [-0.05, 0) is 37.0 Å². The van der Waals surface area contributed by atoms with E-state index < -0.39 is 10.0 Å². The van der Waals surface area contributed by atoms with Crippen molar-refractivity contribution in [2.24, 2.45) is 0 Å². The Kier molecular flexibility index (Phi) is 6.63. The average molecular weight is 442 g/mol. The van der Waals surface area contributed by atoms with Gasteiger partial charge >= 0.3 is 0 Å². The van der Waals surface area contributed by atoms with Crippen LogP contribution >= 0.6 is 11.3 Å². The fourth-order valence-electron chi connectivity index (χ4n) is 3.72. The molecule has 5 nitrogen and oxygen atoms in total. The van der Waals surface area contributed by atoms with Crippen molar-refractivity contribution < 1.29 is 8.42 Å². The lowest BCUT2D eigenvalue weighted by Gasteiger charge is -2.31. The van der Waals surface area contributed by atoms with E-state index in [-0.39, 0.29) is 6.04 Å². The molecule has 7 heteroatoms. The van der Waals surface area contributed by atoms with Crippen LogP contribution in [0.25, 0.3) is 10.6 Å². The van der Waals surface area contributed by atoms with E-state index in [1.165, 1.54) is 5.56 Å². The third-order valence-corrected chi connectivity index (χ3v) is 7.99. The smallest absolute Gasteiger partial charge is 0.240 e. The molecular formula is C23H27N3O2S2. The third kappa shape index (κ3) is 5.16. The number of piperidine rings is 1. The highest BCUT2D eigenvalue weighted by Crippen LogP contribution is 2.25. The van der Waals surface area contributed by atoms with Gasteiger partial charge in [-0.25, -0.2) is 18.1 Å². The molecule has 1 fully saturated rings. The first-order valence-electron chi connectivity index (χ1n) is 10.4. The largest absolute Gasteiger partial charge is 0.297 e. The summed E-state index contributed by atoms with van der Waals surface area (Å²) in [6.07, 6.45) is 2.66. The Bertz CT molecular complexity index is 1060. The number of hydrogen-bond acceptors (Lipinski definition) is 5. The molecule has 1 saturated heterocycles. The first kappa shape index (κ1) is 21.2. The van der Waals surface area contributed by atoms with Crippen LogP contribution in [0.2, 0.25) is 0 Å². The highest BCUT2D eigenvalue weighted by Gasteiger charge is 2.25. The molecule has 158 valence electrons. The Balaban J connectivity index is 1.30. The number of aromatic nitrogens is 1. The van der Waals surface area contributed by atoms with Crippen molar-refractivity contribution >= 4 is 21.4 Å². The number of thiazole rings is 1. The zero-order valence-electron chi connectivity index (χ0n) is 17.1. The molecule has 0 amide bonds. The summed E-state index contributed by atoms with van der Waals surface area (Å²) in [5.74, 6) is 0. The van der Waals surface area contributed by atoms with Crippen LogP contribution in [0.4, 0.5) is 0 Å². The summed E-state index contributed by atoms with van der Waals surface area (Å²) in [5.41, 5.74) is 3.58. The minimum atomic E-state index is -3.45. The number of aryl methyl sites for hydroxylation is 1. The molecule has 1 aliphatic heterocycles. The summed E-state index contributed by atoms with van der Waals surface area (Å²) in [6.45, 7) is 4.69. The standard InChI is InChI=1S/C23H27N3O2S2/c1-2-18-8-10-19(11-9-18)23-24-21(17-29-23)16-26-14-12-20(13-15-26)25-30(27,28)22-6-4-3-5-7-22/h3-11,17,20,25H,2,12-16H2,1H3. The van der Waals surface area contributed by atoms with Crippen molar-refractivity contribution in [3.05, 3.63) is 71.2 Å². The van der Waals surface area contributed by atoms with Crippen LogP contribution < -0.4 is 4.72 Å². The van der Waals surface area contributed by atoms with E-state index in [4.69, 9.17) is 4.98 Å². The second kappa shape index (κ2) is 9.39. The highest BCUT2D eigenvalue weighted by molar-refractivity contribution is 7.89. The van der Waals surface area contributed by atoms with Crippen molar-refractivity contribution in [2.75, 3.05) is 13.1 Å².